The van der Waals surface area contributed by atoms with E-state index in [9.17, 15) is 4.79 Å². The van der Waals surface area contributed by atoms with Crippen molar-refractivity contribution in [1.82, 2.24) is 10.1 Å². The van der Waals surface area contributed by atoms with Crippen LogP contribution in [0.2, 0.25) is 0 Å². The molecule has 31 heavy (non-hydrogen) atoms. The van der Waals surface area contributed by atoms with Gasteiger partial charge in [0.05, 0.1) is 38.1 Å². The number of benzene rings is 1. The average Bonchev–Trinajstić information content (AvgIpc) is 3.43. The number of hydrogen-bond acceptors (Lipinski definition) is 6. The maximum atomic E-state index is 13.1. The fourth-order valence-corrected chi connectivity index (χ4v) is 3.84. The summed E-state index contributed by atoms with van der Waals surface area (Å²) in [6.45, 7) is 9.39. The molecule has 0 saturated carbocycles. The van der Waals surface area contributed by atoms with Crippen LogP contribution in [0, 0.1) is 12.8 Å². The number of amides is 1. The van der Waals surface area contributed by atoms with E-state index in [-0.39, 0.29) is 11.8 Å². The van der Waals surface area contributed by atoms with Crippen molar-refractivity contribution in [2.75, 3.05) is 31.2 Å². The van der Waals surface area contributed by atoms with Gasteiger partial charge < -0.3 is 23.5 Å². The van der Waals surface area contributed by atoms with Crippen LogP contribution in [0.4, 0.5) is 5.88 Å². The number of furan rings is 1. The van der Waals surface area contributed by atoms with E-state index in [0.29, 0.717) is 32.2 Å². The Labute approximate surface area is 182 Å². The molecule has 7 heteroatoms. The molecule has 7 nitrogen and oxygen atoms in total. The topological polar surface area (TPSA) is 72.0 Å². The first-order valence-electron chi connectivity index (χ1n) is 10.7. The second-order valence-electron chi connectivity index (χ2n) is 8.21. The Morgan fingerprint density at radius 2 is 1.97 bits per heavy atom. The molecule has 3 heterocycles. The Kier molecular flexibility index (Phi) is 6.42. The van der Waals surface area contributed by atoms with Crippen molar-refractivity contribution in [1.29, 1.82) is 0 Å². The van der Waals surface area contributed by atoms with Crippen LogP contribution in [-0.2, 0) is 22.6 Å². The van der Waals surface area contributed by atoms with Crippen LogP contribution < -0.4 is 4.90 Å². The Balaban J connectivity index is 1.73. The second-order valence-corrected chi connectivity index (χ2v) is 8.21. The molecule has 1 aromatic carbocycles. The maximum absolute atomic E-state index is 13.1. The largest absolute Gasteiger partial charge is 0.467 e. The van der Waals surface area contributed by atoms with Crippen molar-refractivity contribution in [2.24, 2.45) is 5.92 Å². The first kappa shape index (κ1) is 21.2. The Hall–Kier alpha value is -3.06. The van der Waals surface area contributed by atoms with E-state index in [4.69, 9.17) is 13.7 Å². The summed E-state index contributed by atoms with van der Waals surface area (Å²) in [6, 6.07) is 11.9. The number of ether oxygens (including phenoxy) is 1. The van der Waals surface area contributed by atoms with Gasteiger partial charge in [0.2, 0.25) is 11.8 Å². The molecule has 1 saturated heterocycles. The van der Waals surface area contributed by atoms with Crippen molar-refractivity contribution in [3.63, 3.8) is 0 Å². The highest BCUT2D eigenvalue weighted by Crippen LogP contribution is 2.34. The van der Waals surface area contributed by atoms with Crippen molar-refractivity contribution in [3.05, 3.63) is 59.5 Å². The van der Waals surface area contributed by atoms with Crippen molar-refractivity contribution in [3.8, 4) is 11.3 Å². The van der Waals surface area contributed by atoms with Crippen LogP contribution in [0.25, 0.3) is 11.3 Å². The quantitative estimate of drug-likeness (QED) is 0.565. The third-order valence-electron chi connectivity index (χ3n) is 5.44. The van der Waals surface area contributed by atoms with Gasteiger partial charge >= 0.3 is 0 Å². The van der Waals surface area contributed by atoms with Crippen LogP contribution in [0.15, 0.2) is 51.6 Å². The van der Waals surface area contributed by atoms with E-state index in [1.807, 2.05) is 43.0 Å². The molecule has 3 aromatic rings. The van der Waals surface area contributed by atoms with Gasteiger partial charge in [-0.2, -0.15) is 0 Å². The molecular formula is C24H29N3O4. The minimum atomic E-state index is -0.135. The van der Waals surface area contributed by atoms with Crippen LogP contribution in [-0.4, -0.2) is 42.3 Å². The summed E-state index contributed by atoms with van der Waals surface area (Å²) in [5.74, 6) is 1.38. The molecule has 1 amide bonds. The molecular weight excluding hydrogens is 394 g/mol. The third-order valence-corrected chi connectivity index (χ3v) is 5.44. The monoisotopic (exact) mass is 423 g/mol. The normalized spacial score (nSPS) is 14.3. The predicted molar refractivity (Wildman–Crippen MR) is 118 cm³/mol. The van der Waals surface area contributed by atoms with Gasteiger partial charge in [-0.15, -0.1) is 0 Å². The molecule has 0 spiro atoms. The van der Waals surface area contributed by atoms with Crippen molar-refractivity contribution in [2.45, 2.75) is 33.9 Å². The molecule has 1 aliphatic heterocycles. The fraction of sp³-hybridized carbons (Fsp3) is 0.417. The highest BCUT2D eigenvalue weighted by molar-refractivity contribution is 5.79. The predicted octanol–water partition coefficient (Wildman–Crippen LogP) is 4.26. The number of morpholine rings is 1. The van der Waals surface area contributed by atoms with Gasteiger partial charge in [-0.3, -0.25) is 4.79 Å². The number of carbonyl (C=O) groups is 1. The minimum Gasteiger partial charge on any atom is -0.467 e. The molecule has 0 radical (unpaired) electrons. The zero-order valence-corrected chi connectivity index (χ0v) is 18.3. The lowest BCUT2D eigenvalue weighted by molar-refractivity contribution is -0.136. The number of nitrogens with zero attached hydrogens (tertiary/aromatic N) is 3. The maximum Gasteiger partial charge on any atom is 0.233 e. The van der Waals surface area contributed by atoms with Gasteiger partial charge in [0.1, 0.15) is 11.5 Å². The van der Waals surface area contributed by atoms with Gasteiger partial charge in [-0.25, -0.2) is 0 Å². The zero-order chi connectivity index (χ0) is 21.8. The summed E-state index contributed by atoms with van der Waals surface area (Å²) in [6.07, 6.45) is 1.63. The molecule has 0 N–H and O–H groups in total. The molecule has 2 aromatic heterocycles. The highest BCUT2D eigenvalue weighted by atomic mass is 16.5. The fourth-order valence-electron chi connectivity index (χ4n) is 3.84. The molecule has 1 aliphatic rings. The summed E-state index contributed by atoms with van der Waals surface area (Å²) in [5.41, 5.74) is 3.80. The van der Waals surface area contributed by atoms with E-state index in [2.05, 4.69) is 29.1 Å². The van der Waals surface area contributed by atoms with Gasteiger partial charge in [-0.1, -0.05) is 42.8 Å². The number of rotatable bonds is 7. The molecule has 0 atom stereocenters. The molecule has 0 bridgehead atoms. The summed E-state index contributed by atoms with van der Waals surface area (Å²) < 4.78 is 16.9. The number of aryl methyl sites for hydroxylation is 1. The first-order valence-corrected chi connectivity index (χ1v) is 10.7. The lowest BCUT2D eigenvalue weighted by Gasteiger charge is -2.28. The van der Waals surface area contributed by atoms with E-state index < -0.39 is 0 Å². The van der Waals surface area contributed by atoms with Crippen molar-refractivity contribution < 1.29 is 18.5 Å². The van der Waals surface area contributed by atoms with E-state index >= 15 is 0 Å². The molecule has 1 fully saturated rings. The Morgan fingerprint density at radius 1 is 1.16 bits per heavy atom. The highest BCUT2D eigenvalue weighted by Gasteiger charge is 2.28. The zero-order valence-electron chi connectivity index (χ0n) is 18.3. The summed E-state index contributed by atoms with van der Waals surface area (Å²) >= 11 is 0. The first-order chi connectivity index (χ1) is 15.0. The van der Waals surface area contributed by atoms with E-state index in [1.54, 1.807) is 6.26 Å². The number of anilines is 1. The SMILES string of the molecule is Cc1cccc(-c2noc(N3CCOCC3)c2CN(Cc2ccco2)C(=O)C(C)C)c1. The van der Waals surface area contributed by atoms with Crippen molar-refractivity contribution >= 4 is 11.8 Å². The minimum absolute atomic E-state index is 0.0562. The second kappa shape index (κ2) is 9.39. The smallest absolute Gasteiger partial charge is 0.233 e. The standard InChI is InChI=1S/C24H29N3O4/c1-17(2)23(28)27(15-20-8-5-11-30-20)16-21-22(19-7-4-6-18(3)14-19)25-31-24(21)26-9-12-29-13-10-26/h4-8,11,14,17H,9-10,12-13,15-16H2,1-3H3. The van der Waals surface area contributed by atoms with E-state index in [0.717, 1.165) is 41.2 Å². The van der Waals surface area contributed by atoms with Gasteiger partial charge in [0.25, 0.3) is 0 Å². The van der Waals surface area contributed by atoms with Crippen LogP contribution in [0.3, 0.4) is 0 Å². The molecule has 0 aliphatic carbocycles. The van der Waals surface area contributed by atoms with Gasteiger partial charge in [0, 0.05) is 24.6 Å². The lowest BCUT2D eigenvalue weighted by atomic mass is 10.0. The summed E-state index contributed by atoms with van der Waals surface area (Å²) in [5, 5.41) is 4.44. The van der Waals surface area contributed by atoms with Gasteiger partial charge in [-0.05, 0) is 25.1 Å². The van der Waals surface area contributed by atoms with E-state index in [1.165, 1.54) is 0 Å². The summed E-state index contributed by atoms with van der Waals surface area (Å²) in [7, 11) is 0. The number of carbonyl (C=O) groups excluding carboxylic acids is 1. The van der Waals surface area contributed by atoms with Crippen LogP contribution in [0.1, 0.15) is 30.7 Å². The molecule has 164 valence electrons. The van der Waals surface area contributed by atoms with Gasteiger partial charge in [0.15, 0.2) is 0 Å². The Morgan fingerprint density at radius 3 is 2.65 bits per heavy atom. The van der Waals surface area contributed by atoms with Crippen LogP contribution >= 0.6 is 0 Å². The third kappa shape index (κ3) is 4.82. The summed E-state index contributed by atoms with van der Waals surface area (Å²) in [4.78, 5) is 17.1. The average molecular weight is 424 g/mol. The molecule has 4 rings (SSSR count). The number of hydrogen-bond donors (Lipinski definition) is 0. The lowest BCUT2D eigenvalue weighted by Crippen LogP contribution is -2.38. The van der Waals surface area contributed by atoms with Crippen LogP contribution in [0.5, 0.6) is 0 Å². The Bertz CT molecular complexity index is 1000. The number of aromatic nitrogens is 1. The molecule has 0 unspecified atom stereocenters.